The number of ether oxygens (including phenoxy) is 2. The molecule has 1 heterocycles. The van der Waals surface area contributed by atoms with E-state index in [1.165, 1.54) is 10.9 Å². The number of benzene rings is 1. The number of halogens is 3. The minimum Gasteiger partial charge on any atom is -0.472 e. The van der Waals surface area contributed by atoms with Crippen LogP contribution in [0, 0.1) is 5.92 Å². The highest BCUT2D eigenvalue weighted by atomic mass is 32.2. The molecule has 0 fully saturated rings. The van der Waals surface area contributed by atoms with Crippen LogP contribution in [0.5, 0.6) is 5.88 Å². The highest BCUT2D eigenvalue weighted by molar-refractivity contribution is 7.87. The summed E-state index contributed by atoms with van der Waals surface area (Å²) in [6, 6.07) is 8.81. The van der Waals surface area contributed by atoms with Crippen LogP contribution in [0.4, 0.5) is 13.2 Å². The molecule has 1 aromatic carbocycles. The molecule has 0 spiro atoms. The second-order valence-corrected chi connectivity index (χ2v) is 8.35. The molecular weight excluding hydrogens is 455 g/mol. The van der Waals surface area contributed by atoms with E-state index in [-0.39, 0.29) is 43.9 Å². The van der Waals surface area contributed by atoms with E-state index in [1.807, 2.05) is 0 Å². The molecule has 174 valence electrons. The minimum atomic E-state index is -5.86. The number of rotatable bonds is 8. The fraction of sp³-hybridized carbons (Fsp3) is 0.421. The van der Waals surface area contributed by atoms with Gasteiger partial charge in [0.15, 0.2) is 0 Å². The van der Waals surface area contributed by atoms with Gasteiger partial charge in [-0.3, -0.25) is 4.79 Å². The molecular formula is C19H20F3N3O6S. The summed E-state index contributed by atoms with van der Waals surface area (Å²) >= 11 is 0. The minimum absolute atomic E-state index is 0.0750. The van der Waals surface area contributed by atoms with E-state index in [4.69, 9.17) is 9.47 Å². The zero-order valence-electron chi connectivity index (χ0n) is 16.9. The molecule has 0 saturated carbocycles. The Hall–Kier alpha value is -3.09. The molecule has 1 aliphatic rings. The van der Waals surface area contributed by atoms with Gasteiger partial charge < -0.3 is 13.7 Å². The van der Waals surface area contributed by atoms with Gasteiger partial charge in [-0.1, -0.05) is 23.4 Å². The maximum atomic E-state index is 12.8. The van der Waals surface area contributed by atoms with Gasteiger partial charge in [-0.25, -0.2) is 0 Å². The van der Waals surface area contributed by atoms with Gasteiger partial charge in [0, 0.05) is 12.0 Å². The Morgan fingerprint density at radius 2 is 1.97 bits per heavy atom. The second-order valence-electron chi connectivity index (χ2n) is 6.81. The number of carbonyl (C=O) groups is 1. The first-order valence-electron chi connectivity index (χ1n) is 9.59. The van der Waals surface area contributed by atoms with E-state index in [2.05, 4.69) is 14.5 Å². The maximum absolute atomic E-state index is 12.8. The molecule has 0 aliphatic heterocycles. The van der Waals surface area contributed by atoms with Crippen LogP contribution in [0.3, 0.4) is 0 Å². The molecule has 0 radical (unpaired) electrons. The van der Waals surface area contributed by atoms with E-state index < -0.39 is 33.3 Å². The molecule has 1 atom stereocenters. The number of hydrogen-bond donors (Lipinski definition) is 0. The van der Waals surface area contributed by atoms with Crippen molar-refractivity contribution in [3.63, 3.8) is 0 Å². The molecule has 2 aromatic rings. The van der Waals surface area contributed by atoms with Crippen molar-refractivity contribution < 1.29 is 40.0 Å². The topological polar surface area (TPSA) is 110 Å². The van der Waals surface area contributed by atoms with Gasteiger partial charge in [0.25, 0.3) is 0 Å². The molecule has 0 N–H and O–H groups in total. The van der Waals surface area contributed by atoms with Gasteiger partial charge in [0.2, 0.25) is 5.88 Å². The Morgan fingerprint density at radius 1 is 1.25 bits per heavy atom. The SMILES string of the molecule is CCOC(=O)C1CCC(OS(=O)(=O)C(F)(F)F)=C(COc2cnnn2-c2ccccc2)C1. The second kappa shape index (κ2) is 9.59. The van der Waals surface area contributed by atoms with Crippen LogP contribution < -0.4 is 4.74 Å². The standard InChI is InChI=1S/C19H20F3N3O6S/c1-2-29-18(26)13-8-9-16(31-32(27,28)19(20,21)22)14(10-13)12-30-17-11-23-24-25(17)15-6-4-3-5-7-15/h3-7,11,13H,2,8-10,12H2,1H3. The third-order valence-corrected chi connectivity index (χ3v) is 5.62. The highest BCUT2D eigenvalue weighted by Crippen LogP contribution is 2.35. The summed E-state index contributed by atoms with van der Waals surface area (Å²) in [7, 11) is -5.86. The molecule has 32 heavy (non-hydrogen) atoms. The van der Waals surface area contributed by atoms with Crippen LogP contribution in [0.25, 0.3) is 5.69 Å². The Morgan fingerprint density at radius 3 is 2.62 bits per heavy atom. The van der Waals surface area contributed by atoms with Crippen molar-refractivity contribution in [2.24, 2.45) is 5.92 Å². The van der Waals surface area contributed by atoms with Crippen molar-refractivity contribution in [3.8, 4) is 11.6 Å². The Kier molecular flexibility index (Phi) is 7.06. The zero-order chi connectivity index (χ0) is 23.4. The third-order valence-electron chi connectivity index (χ3n) is 4.63. The predicted molar refractivity (Wildman–Crippen MR) is 104 cm³/mol. The van der Waals surface area contributed by atoms with E-state index in [9.17, 15) is 26.4 Å². The summed E-state index contributed by atoms with van der Waals surface area (Å²) in [6.07, 6.45) is 1.10. The highest BCUT2D eigenvalue weighted by Gasteiger charge is 2.49. The molecule has 0 amide bonds. The molecule has 3 rings (SSSR count). The lowest BCUT2D eigenvalue weighted by molar-refractivity contribution is -0.148. The van der Waals surface area contributed by atoms with Gasteiger partial charge in [-0.15, -0.1) is 5.10 Å². The number of para-hydroxylation sites is 1. The fourth-order valence-electron chi connectivity index (χ4n) is 3.11. The molecule has 1 unspecified atom stereocenters. The monoisotopic (exact) mass is 475 g/mol. The summed E-state index contributed by atoms with van der Waals surface area (Å²) in [5.41, 5.74) is -4.86. The number of esters is 1. The number of aromatic nitrogens is 3. The maximum Gasteiger partial charge on any atom is 0.534 e. The number of allylic oxidation sites excluding steroid dienone is 1. The first-order valence-corrected chi connectivity index (χ1v) is 11.0. The Balaban J connectivity index is 1.85. The summed E-state index contributed by atoms with van der Waals surface area (Å²) in [5, 5.41) is 7.67. The summed E-state index contributed by atoms with van der Waals surface area (Å²) in [6.45, 7) is 1.43. The van der Waals surface area contributed by atoms with Crippen LogP contribution in [-0.2, 0) is 23.8 Å². The third kappa shape index (κ3) is 5.39. The van der Waals surface area contributed by atoms with E-state index in [0.29, 0.717) is 5.69 Å². The van der Waals surface area contributed by atoms with Gasteiger partial charge >= 0.3 is 21.6 Å². The first kappa shape index (κ1) is 23.6. The number of nitrogens with zero attached hydrogens (tertiary/aromatic N) is 3. The Bertz CT molecular complexity index is 1080. The van der Waals surface area contributed by atoms with Crippen molar-refractivity contribution in [2.75, 3.05) is 13.2 Å². The molecule has 13 heteroatoms. The average molecular weight is 475 g/mol. The van der Waals surface area contributed by atoms with E-state index in [0.717, 1.165) is 0 Å². The normalized spacial score (nSPS) is 17.2. The summed E-state index contributed by atoms with van der Waals surface area (Å²) in [4.78, 5) is 12.1. The fourth-order valence-corrected chi connectivity index (χ4v) is 3.67. The lowest BCUT2D eigenvalue weighted by Gasteiger charge is -2.26. The molecule has 1 aliphatic carbocycles. The summed E-state index contributed by atoms with van der Waals surface area (Å²) < 4.78 is 77.9. The van der Waals surface area contributed by atoms with Gasteiger partial charge in [0.1, 0.15) is 18.6 Å². The molecule has 0 bridgehead atoms. The van der Waals surface area contributed by atoms with Crippen LogP contribution >= 0.6 is 0 Å². The van der Waals surface area contributed by atoms with Crippen LogP contribution in [-0.4, -0.2) is 48.1 Å². The van der Waals surface area contributed by atoms with Gasteiger partial charge in [-0.05, 0) is 31.9 Å². The van der Waals surface area contributed by atoms with Gasteiger partial charge in [-0.2, -0.15) is 26.3 Å². The molecule has 0 saturated heterocycles. The van der Waals surface area contributed by atoms with Crippen LogP contribution in [0.2, 0.25) is 0 Å². The number of alkyl halides is 3. The number of hydrogen-bond acceptors (Lipinski definition) is 8. The molecule has 9 nitrogen and oxygen atoms in total. The van der Waals surface area contributed by atoms with Crippen molar-refractivity contribution in [1.29, 1.82) is 0 Å². The van der Waals surface area contributed by atoms with E-state index >= 15 is 0 Å². The van der Waals surface area contributed by atoms with Gasteiger partial charge in [0.05, 0.1) is 18.2 Å². The summed E-state index contributed by atoms with van der Waals surface area (Å²) in [5.74, 6) is -1.42. The largest absolute Gasteiger partial charge is 0.534 e. The lowest BCUT2D eigenvalue weighted by Crippen LogP contribution is -2.29. The van der Waals surface area contributed by atoms with Crippen LogP contribution in [0.1, 0.15) is 26.2 Å². The Labute approximate surface area is 181 Å². The van der Waals surface area contributed by atoms with Crippen LogP contribution in [0.15, 0.2) is 47.9 Å². The van der Waals surface area contributed by atoms with Crippen molar-refractivity contribution in [1.82, 2.24) is 15.0 Å². The lowest BCUT2D eigenvalue weighted by atomic mass is 9.88. The van der Waals surface area contributed by atoms with Crippen molar-refractivity contribution >= 4 is 16.1 Å². The first-order chi connectivity index (χ1) is 15.1. The average Bonchev–Trinajstić information content (AvgIpc) is 3.21. The zero-order valence-corrected chi connectivity index (χ0v) is 17.7. The van der Waals surface area contributed by atoms with Crippen molar-refractivity contribution in [3.05, 3.63) is 47.9 Å². The van der Waals surface area contributed by atoms with Crippen molar-refractivity contribution in [2.45, 2.75) is 31.7 Å². The molecule has 1 aromatic heterocycles. The van der Waals surface area contributed by atoms with E-state index in [1.54, 1.807) is 37.3 Å². The predicted octanol–water partition coefficient (Wildman–Crippen LogP) is 3.13. The smallest absolute Gasteiger partial charge is 0.472 e. The quantitative estimate of drug-likeness (QED) is 0.325. The number of carbonyl (C=O) groups excluding carboxylic acids is 1.